The van der Waals surface area contributed by atoms with Crippen LogP contribution in [0, 0.1) is 0 Å². The highest BCUT2D eigenvalue weighted by Crippen LogP contribution is 2.25. The van der Waals surface area contributed by atoms with Crippen LogP contribution in [0.15, 0.2) is 10.7 Å². The van der Waals surface area contributed by atoms with E-state index < -0.39 is 18.3 Å². The molecule has 0 spiro atoms. The molecule has 2 rings (SSSR count). The molecular formula is C8H9F3N2O. The molecule has 0 aliphatic carbocycles. The van der Waals surface area contributed by atoms with Gasteiger partial charge in [0, 0.05) is 6.54 Å². The summed E-state index contributed by atoms with van der Waals surface area (Å²) in [6.45, 7) is 0.632. The van der Waals surface area contributed by atoms with Gasteiger partial charge in [-0.2, -0.15) is 4.98 Å². The molecule has 14 heavy (non-hydrogen) atoms. The van der Waals surface area contributed by atoms with Crippen LogP contribution in [0.1, 0.15) is 18.5 Å². The smallest absolute Gasteiger partial charge is 0.297 e. The van der Waals surface area contributed by atoms with Crippen LogP contribution in [0.5, 0.6) is 0 Å². The third-order valence-corrected chi connectivity index (χ3v) is 2.13. The van der Waals surface area contributed by atoms with Crippen molar-refractivity contribution in [1.29, 1.82) is 0 Å². The minimum absolute atomic E-state index is 0.0838. The second kappa shape index (κ2) is 3.51. The third-order valence-electron chi connectivity index (χ3n) is 2.13. The summed E-state index contributed by atoms with van der Waals surface area (Å²) in [7, 11) is 0. The van der Waals surface area contributed by atoms with Crippen molar-refractivity contribution < 1.29 is 17.6 Å². The molecule has 0 radical (unpaired) electrons. The van der Waals surface area contributed by atoms with Gasteiger partial charge in [-0.1, -0.05) is 0 Å². The Labute approximate surface area is 78.5 Å². The summed E-state index contributed by atoms with van der Waals surface area (Å²) in [5, 5.41) is 0. The predicted molar refractivity (Wildman–Crippen MR) is 43.2 cm³/mol. The highest BCUT2D eigenvalue weighted by molar-refractivity contribution is 5.29. The Morgan fingerprint density at radius 2 is 2.36 bits per heavy atom. The molecule has 0 saturated carbocycles. The number of hydrogen-bond donors (Lipinski definition) is 0. The fourth-order valence-corrected chi connectivity index (χ4v) is 1.41. The van der Waals surface area contributed by atoms with E-state index in [0.29, 0.717) is 13.0 Å². The van der Waals surface area contributed by atoms with E-state index in [0.717, 1.165) is 6.26 Å². The van der Waals surface area contributed by atoms with Gasteiger partial charge >= 0.3 is 0 Å². The van der Waals surface area contributed by atoms with Crippen molar-refractivity contribution in [1.82, 2.24) is 4.98 Å². The zero-order valence-corrected chi connectivity index (χ0v) is 7.29. The zero-order valence-electron chi connectivity index (χ0n) is 7.29. The molecule has 0 unspecified atom stereocenters. The van der Waals surface area contributed by atoms with Crippen LogP contribution in [0.4, 0.5) is 19.2 Å². The van der Waals surface area contributed by atoms with E-state index in [1.54, 1.807) is 0 Å². The van der Waals surface area contributed by atoms with Gasteiger partial charge < -0.3 is 9.32 Å². The summed E-state index contributed by atoms with van der Waals surface area (Å²) in [6, 6.07) is 0.0838. The topological polar surface area (TPSA) is 29.3 Å². The Bertz CT molecular complexity index is 315. The lowest BCUT2D eigenvalue weighted by molar-refractivity contribution is 0.146. The maximum atomic E-state index is 12.8. The Kier molecular flexibility index (Phi) is 2.35. The molecule has 1 atom stereocenters. The lowest BCUT2D eigenvalue weighted by atomic mass is 10.3. The Morgan fingerprint density at radius 1 is 1.57 bits per heavy atom. The predicted octanol–water partition coefficient (Wildman–Crippen LogP) is 2.16. The molecule has 1 aliphatic heterocycles. The van der Waals surface area contributed by atoms with Crippen LogP contribution in [0.25, 0.3) is 0 Å². The largest absolute Gasteiger partial charge is 0.432 e. The van der Waals surface area contributed by atoms with Crippen LogP contribution in [-0.4, -0.2) is 24.2 Å². The summed E-state index contributed by atoms with van der Waals surface area (Å²) in [6.07, 6.45) is -2.26. The van der Waals surface area contributed by atoms with E-state index in [-0.39, 0.29) is 12.6 Å². The minimum Gasteiger partial charge on any atom is -0.432 e. The molecule has 1 aromatic heterocycles. The summed E-state index contributed by atoms with van der Waals surface area (Å²) < 4.78 is 41.8. The van der Waals surface area contributed by atoms with Gasteiger partial charge in [0.25, 0.3) is 12.4 Å². The van der Waals surface area contributed by atoms with E-state index >= 15 is 0 Å². The fourth-order valence-electron chi connectivity index (χ4n) is 1.41. The van der Waals surface area contributed by atoms with Gasteiger partial charge in [0.1, 0.15) is 18.1 Å². The molecule has 1 fully saturated rings. The average molecular weight is 206 g/mol. The highest BCUT2D eigenvalue weighted by atomic mass is 19.3. The van der Waals surface area contributed by atoms with Crippen LogP contribution in [-0.2, 0) is 0 Å². The maximum absolute atomic E-state index is 12.8. The summed E-state index contributed by atoms with van der Waals surface area (Å²) >= 11 is 0. The van der Waals surface area contributed by atoms with E-state index in [4.69, 9.17) is 4.42 Å². The third kappa shape index (κ3) is 1.69. The first-order valence-corrected chi connectivity index (χ1v) is 4.29. The molecule has 2 heterocycles. The van der Waals surface area contributed by atoms with Gasteiger partial charge in [-0.05, 0) is 6.42 Å². The lowest BCUT2D eigenvalue weighted by Crippen LogP contribution is -2.20. The average Bonchev–Trinajstić information content (AvgIpc) is 2.70. The van der Waals surface area contributed by atoms with Crippen molar-refractivity contribution in [3.8, 4) is 0 Å². The van der Waals surface area contributed by atoms with Gasteiger partial charge in [-0.15, -0.1) is 0 Å². The van der Waals surface area contributed by atoms with Crippen molar-refractivity contribution in [2.24, 2.45) is 0 Å². The molecule has 3 nitrogen and oxygen atoms in total. The van der Waals surface area contributed by atoms with Crippen LogP contribution < -0.4 is 4.90 Å². The molecule has 78 valence electrons. The van der Waals surface area contributed by atoms with Gasteiger partial charge in [-0.3, -0.25) is 0 Å². The quantitative estimate of drug-likeness (QED) is 0.742. The molecule has 0 N–H and O–H groups in total. The first-order valence-electron chi connectivity index (χ1n) is 4.29. The second-order valence-corrected chi connectivity index (χ2v) is 3.19. The van der Waals surface area contributed by atoms with Gasteiger partial charge in [0.05, 0.1) is 6.54 Å². The fraction of sp³-hybridized carbons (Fsp3) is 0.625. The van der Waals surface area contributed by atoms with E-state index in [1.165, 1.54) is 4.90 Å². The molecule has 0 amide bonds. The number of alkyl halides is 3. The first-order chi connectivity index (χ1) is 6.66. The lowest BCUT2D eigenvalue weighted by Gasteiger charge is -2.10. The van der Waals surface area contributed by atoms with Crippen molar-refractivity contribution in [2.45, 2.75) is 19.0 Å². The number of oxazole rings is 1. The van der Waals surface area contributed by atoms with E-state index in [1.807, 2.05) is 0 Å². The standard InChI is InChI=1S/C8H9F3N2O/c9-5-1-2-13(3-5)8-12-6(4-14-8)7(10)11/h4-5,7H,1-3H2/t5-/m1/s1. The summed E-state index contributed by atoms with van der Waals surface area (Å²) in [5.74, 6) is 0. The molecule has 6 heteroatoms. The Morgan fingerprint density at radius 3 is 2.86 bits per heavy atom. The van der Waals surface area contributed by atoms with Crippen LogP contribution in [0.3, 0.4) is 0 Å². The normalized spacial score (nSPS) is 22.3. The maximum Gasteiger partial charge on any atom is 0.297 e. The summed E-state index contributed by atoms with van der Waals surface area (Å²) in [4.78, 5) is 5.09. The zero-order chi connectivity index (χ0) is 10.1. The molecule has 1 aromatic rings. The Balaban J connectivity index is 2.09. The minimum atomic E-state index is -2.64. The Hall–Kier alpha value is -1.20. The first kappa shape index (κ1) is 9.36. The number of rotatable bonds is 2. The molecule has 0 bridgehead atoms. The van der Waals surface area contributed by atoms with Gasteiger partial charge in [0.15, 0.2) is 0 Å². The highest BCUT2D eigenvalue weighted by Gasteiger charge is 2.26. The molecular weight excluding hydrogens is 197 g/mol. The van der Waals surface area contributed by atoms with Crippen LogP contribution in [0.2, 0.25) is 0 Å². The number of hydrogen-bond acceptors (Lipinski definition) is 3. The second-order valence-electron chi connectivity index (χ2n) is 3.19. The molecule has 1 aliphatic rings. The van der Waals surface area contributed by atoms with Crippen molar-refractivity contribution in [3.63, 3.8) is 0 Å². The van der Waals surface area contributed by atoms with Crippen molar-refractivity contribution in [3.05, 3.63) is 12.0 Å². The van der Waals surface area contributed by atoms with Crippen molar-refractivity contribution in [2.75, 3.05) is 18.0 Å². The van der Waals surface area contributed by atoms with E-state index in [2.05, 4.69) is 4.98 Å². The molecule has 1 saturated heterocycles. The molecule has 0 aromatic carbocycles. The van der Waals surface area contributed by atoms with Crippen molar-refractivity contribution >= 4 is 6.01 Å². The monoisotopic (exact) mass is 206 g/mol. The van der Waals surface area contributed by atoms with E-state index in [9.17, 15) is 13.2 Å². The number of anilines is 1. The number of aromatic nitrogens is 1. The SMILES string of the molecule is FC(F)c1coc(N2CC[C@@H](F)C2)n1. The van der Waals surface area contributed by atoms with Gasteiger partial charge in [-0.25, -0.2) is 13.2 Å². The number of nitrogens with zero attached hydrogens (tertiary/aromatic N) is 2. The van der Waals surface area contributed by atoms with Crippen LogP contribution >= 0.6 is 0 Å². The summed E-state index contributed by atoms with van der Waals surface area (Å²) in [5.41, 5.74) is -0.401. The van der Waals surface area contributed by atoms with Gasteiger partial charge in [0.2, 0.25) is 0 Å². The number of halogens is 3.